The Labute approximate surface area is 240 Å². The van der Waals surface area contributed by atoms with E-state index in [1.54, 1.807) is 73.5 Å². The molecule has 1 aliphatic rings. The van der Waals surface area contributed by atoms with E-state index in [9.17, 15) is 26.0 Å². The zero-order valence-electron chi connectivity index (χ0n) is 23.0. The van der Waals surface area contributed by atoms with E-state index in [-0.39, 0.29) is 10.5 Å². The fraction of sp³-hybridized carbons (Fsp3) is 0.214. The van der Waals surface area contributed by atoms with E-state index in [1.807, 2.05) is 0 Å². The molecule has 0 aliphatic carbocycles. The smallest absolute Gasteiger partial charge is 0.345 e. The maximum atomic E-state index is 14.8. The Kier molecular flexibility index (Phi) is 7.02. The van der Waals surface area contributed by atoms with Gasteiger partial charge >= 0.3 is 6.18 Å². The van der Waals surface area contributed by atoms with E-state index < -0.39 is 33.2 Å². The fourth-order valence-corrected chi connectivity index (χ4v) is 5.33. The number of sulfone groups is 1. The molecule has 220 valence electrons. The van der Waals surface area contributed by atoms with Crippen molar-refractivity contribution in [3.8, 4) is 0 Å². The lowest BCUT2D eigenvalue weighted by Gasteiger charge is -2.34. The van der Waals surface area contributed by atoms with E-state index in [0.717, 1.165) is 12.3 Å². The molecule has 0 amide bonds. The summed E-state index contributed by atoms with van der Waals surface area (Å²) in [4.78, 5) is 14.1. The van der Waals surface area contributed by atoms with Crippen molar-refractivity contribution in [2.45, 2.75) is 16.9 Å². The molecule has 1 aromatic heterocycles. The summed E-state index contributed by atoms with van der Waals surface area (Å²) in [5.74, 6) is -1.78. The highest BCUT2D eigenvalue weighted by molar-refractivity contribution is 7.90. The van der Waals surface area contributed by atoms with Gasteiger partial charge in [0.2, 0.25) is 5.95 Å². The molecule has 0 bridgehead atoms. The predicted octanol–water partition coefficient (Wildman–Crippen LogP) is 5.20. The molecular formula is C28H27F4N7O2S. The average Bonchev–Trinajstić information content (AvgIpc) is 3.21. The number of nitrogens with one attached hydrogen (secondary N) is 1. The Morgan fingerprint density at radius 3 is 2.26 bits per heavy atom. The molecule has 0 radical (unpaired) electrons. The van der Waals surface area contributed by atoms with Gasteiger partial charge in [-0.05, 0) is 66.7 Å². The minimum atomic E-state index is -4.66. The monoisotopic (exact) mass is 601 g/mol. The molecule has 42 heavy (non-hydrogen) atoms. The molecule has 2 heterocycles. The van der Waals surface area contributed by atoms with Crippen molar-refractivity contribution in [2.75, 3.05) is 47.4 Å². The number of nitrogens with two attached hydrogens (primary N) is 1. The third-order valence-corrected chi connectivity index (χ3v) is 8.34. The highest BCUT2D eigenvalue weighted by Gasteiger charge is 2.43. The van der Waals surface area contributed by atoms with Crippen LogP contribution in [0.5, 0.6) is 0 Å². The second-order valence-corrected chi connectivity index (χ2v) is 12.0. The normalized spacial score (nSPS) is 16.6. The summed E-state index contributed by atoms with van der Waals surface area (Å²) in [5, 5.41) is 3.00. The molecule has 14 heteroatoms. The van der Waals surface area contributed by atoms with E-state index in [0.29, 0.717) is 46.6 Å². The maximum Gasteiger partial charge on any atom is 0.416 e. The Hall–Kier alpha value is -4.43. The lowest BCUT2D eigenvalue weighted by Crippen LogP contribution is -2.54. The minimum absolute atomic E-state index is 0.196. The van der Waals surface area contributed by atoms with E-state index in [2.05, 4.69) is 15.3 Å². The Morgan fingerprint density at radius 1 is 0.952 bits per heavy atom. The van der Waals surface area contributed by atoms with Gasteiger partial charge in [-0.15, -0.1) is 0 Å². The number of nitrogens with zero attached hydrogens (tertiary/aromatic N) is 5. The molecule has 9 nitrogen and oxygen atoms in total. The van der Waals surface area contributed by atoms with E-state index >= 15 is 0 Å². The molecule has 0 saturated heterocycles. The topological polar surface area (TPSA) is 108 Å². The third-order valence-electron chi connectivity index (χ3n) is 7.21. The summed E-state index contributed by atoms with van der Waals surface area (Å²) >= 11 is 0. The predicted molar refractivity (Wildman–Crippen MR) is 153 cm³/mol. The summed E-state index contributed by atoms with van der Waals surface area (Å²) in [7, 11) is 1.75. The van der Waals surface area contributed by atoms with Crippen molar-refractivity contribution >= 4 is 44.4 Å². The molecule has 0 fully saturated rings. The van der Waals surface area contributed by atoms with Gasteiger partial charge in [0.15, 0.2) is 15.6 Å². The Bertz CT molecular complexity index is 1770. The first-order valence-corrected chi connectivity index (χ1v) is 14.4. The second-order valence-electron chi connectivity index (χ2n) is 9.94. The van der Waals surface area contributed by atoms with Gasteiger partial charge in [-0.2, -0.15) is 18.2 Å². The number of rotatable bonds is 6. The zero-order valence-corrected chi connectivity index (χ0v) is 23.8. The van der Waals surface area contributed by atoms with Gasteiger partial charge in [-0.25, -0.2) is 17.8 Å². The van der Waals surface area contributed by atoms with Crippen LogP contribution in [0.1, 0.15) is 11.1 Å². The molecule has 3 N–H and O–H groups in total. The number of hydrogen-bond acceptors (Lipinski definition) is 9. The molecule has 3 aromatic carbocycles. The maximum absolute atomic E-state index is 14.8. The third kappa shape index (κ3) is 5.18. The summed E-state index contributed by atoms with van der Waals surface area (Å²) in [5.41, 5.74) is 7.53. The summed E-state index contributed by atoms with van der Waals surface area (Å²) in [6, 6.07) is 15.4. The summed E-state index contributed by atoms with van der Waals surface area (Å²) < 4.78 is 78.5. The standard InChI is InChI=1S/C28H27F4N7O2S/c1-37(25-13-14-34-26(35-25)38(2)18-6-9-20(10-7-18)42(4,40)41)19-8-12-24-23(16-19)36-28(33,39(24)3)21-15-17(27(30,31)32)5-11-22(21)29/h5-16,36H,33H2,1-4H3. The number of alkyl halides is 3. The van der Waals surface area contributed by atoms with Crippen molar-refractivity contribution in [1.29, 1.82) is 0 Å². The van der Waals surface area contributed by atoms with Gasteiger partial charge in [0.25, 0.3) is 0 Å². The van der Waals surface area contributed by atoms with Gasteiger partial charge in [0.1, 0.15) is 11.6 Å². The molecular weight excluding hydrogens is 574 g/mol. The lowest BCUT2D eigenvalue weighted by molar-refractivity contribution is -0.137. The van der Waals surface area contributed by atoms with E-state index in [1.165, 1.54) is 17.0 Å². The van der Waals surface area contributed by atoms with Crippen molar-refractivity contribution in [3.05, 3.63) is 89.9 Å². The van der Waals surface area contributed by atoms with Gasteiger partial charge in [0, 0.05) is 50.5 Å². The zero-order chi connectivity index (χ0) is 30.6. The second kappa shape index (κ2) is 10.1. The molecule has 1 unspecified atom stereocenters. The van der Waals surface area contributed by atoms with Gasteiger partial charge in [-0.1, -0.05) is 0 Å². The first kappa shape index (κ1) is 29.1. The largest absolute Gasteiger partial charge is 0.416 e. The van der Waals surface area contributed by atoms with Gasteiger partial charge in [0.05, 0.1) is 21.8 Å². The van der Waals surface area contributed by atoms with Crippen LogP contribution in [0.15, 0.2) is 77.8 Å². The van der Waals surface area contributed by atoms with Crippen LogP contribution in [-0.2, 0) is 21.8 Å². The van der Waals surface area contributed by atoms with Crippen LogP contribution in [0.2, 0.25) is 0 Å². The van der Waals surface area contributed by atoms with Crippen LogP contribution >= 0.6 is 0 Å². The fourth-order valence-electron chi connectivity index (χ4n) is 4.70. The molecule has 5 rings (SSSR count). The number of anilines is 6. The first-order valence-electron chi connectivity index (χ1n) is 12.5. The molecule has 0 spiro atoms. The van der Waals surface area contributed by atoms with Gasteiger partial charge < -0.3 is 20.0 Å². The van der Waals surface area contributed by atoms with E-state index in [4.69, 9.17) is 5.73 Å². The Balaban J connectivity index is 1.42. The molecule has 4 aromatic rings. The first-order chi connectivity index (χ1) is 19.6. The highest BCUT2D eigenvalue weighted by Crippen LogP contribution is 2.45. The number of hydrogen-bond donors (Lipinski definition) is 2. The van der Waals surface area contributed by atoms with Crippen molar-refractivity contribution < 1.29 is 26.0 Å². The number of fused-ring (bicyclic) bond motifs is 1. The lowest BCUT2D eigenvalue weighted by atomic mass is 10.0. The Morgan fingerprint density at radius 2 is 1.62 bits per heavy atom. The van der Waals surface area contributed by atoms with Crippen LogP contribution in [0.3, 0.4) is 0 Å². The van der Waals surface area contributed by atoms with Crippen LogP contribution < -0.4 is 25.8 Å². The SMILES string of the molecule is CN(c1ccc2c(c1)NC(N)(c1cc(C(F)(F)F)ccc1F)N2C)c1ccnc(N(C)c2ccc(S(C)(=O)=O)cc2)n1. The molecule has 1 aliphatic heterocycles. The minimum Gasteiger partial charge on any atom is -0.345 e. The quantitative estimate of drug-likeness (QED) is 0.288. The number of halogens is 4. The highest BCUT2D eigenvalue weighted by atomic mass is 32.2. The van der Waals surface area contributed by atoms with Crippen molar-refractivity contribution in [3.63, 3.8) is 0 Å². The van der Waals surface area contributed by atoms with Crippen LogP contribution in [0, 0.1) is 5.82 Å². The van der Waals surface area contributed by atoms with Crippen molar-refractivity contribution in [1.82, 2.24) is 9.97 Å². The van der Waals surface area contributed by atoms with Crippen LogP contribution in [0.4, 0.5) is 52.1 Å². The number of aromatic nitrogens is 2. The molecule has 0 saturated carbocycles. The average molecular weight is 602 g/mol. The van der Waals surface area contributed by atoms with Gasteiger partial charge in [-0.3, -0.25) is 5.73 Å². The molecule has 1 atom stereocenters. The van der Waals surface area contributed by atoms with Crippen LogP contribution in [-0.4, -0.2) is 45.8 Å². The summed E-state index contributed by atoms with van der Waals surface area (Å²) in [6.45, 7) is 0. The van der Waals surface area contributed by atoms with Crippen molar-refractivity contribution in [2.24, 2.45) is 5.73 Å². The number of benzene rings is 3. The van der Waals surface area contributed by atoms with Crippen LogP contribution in [0.25, 0.3) is 0 Å². The summed E-state index contributed by atoms with van der Waals surface area (Å²) in [6.07, 6.45) is -1.95.